The van der Waals surface area contributed by atoms with Gasteiger partial charge in [0.05, 0.1) is 17.1 Å². The lowest BCUT2D eigenvalue weighted by molar-refractivity contribution is -0.137. The third-order valence-corrected chi connectivity index (χ3v) is 9.25. The van der Waals surface area contributed by atoms with Crippen molar-refractivity contribution >= 4 is 16.9 Å². The van der Waals surface area contributed by atoms with Crippen LogP contribution in [0.15, 0.2) is 16.9 Å². The highest BCUT2D eigenvalue weighted by atomic mass is 16.5. The van der Waals surface area contributed by atoms with Crippen molar-refractivity contribution in [3.63, 3.8) is 0 Å². The van der Waals surface area contributed by atoms with E-state index >= 15 is 0 Å². The van der Waals surface area contributed by atoms with Gasteiger partial charge in [-0.1, -0.05) is 20.8 Å². The van der Waals surface area contributed by atoms with Crippen molar-refractivity contribution in [2.75, 3.05) is 6.61 Å². The highest BCUT2D eigenvalue weighted by Gasteiger charge is 2.68. The molecule has 6 heteroatoms. The number of hydrogen-bond acceptors (Lipinski definition) is 3. The van der Waals surface area contributed by atoms with Crippen molar-refractivity contribution < 1.29 is 9.53 Å². The van der Waals surface area contributed by atoms with E-state index < -0.39 is 0 Å². The molecule has 1 spiro atoms. The molecule has 5 rings (SSSR count). The van der Waals surface area contributed by atoms with Gasteiger partial charge in [0.1, 0.15) is 0 Å². The van der Waals surface area contributed by atoms with Crippen molar-refractivity contribution in [3.8, 4) is 0 Å². The minimum atomic E-state index is -0.00189. The van der Waals surface area contributed by atoms with Gasteiger partial charge in [0.2, 0.25) is 5.91 Å². The predicted molar refractivity (Wildman–Crippen MR) is 125 cm³/mol. The van der Waals surface area contributed by atoms with Crippen molar-refractivity contribution in [2.45, 2.75) is 71.9 Å². The Labute approximate surface area is 190 Å². The average molecular weight is 440 g/mol. The van der Waals surface area contributed by atoms with E-state index in [9.17, 15) is 9.59 Å². The number of nitrogens with one attached hydrogen (secondary N) is 1. The number of fused-ring (bicyclic) bond motifs is 2. The van der Waals surface area contributed by atoms with Gasteiger partial charge in [0, 0.05) is 33.2 Å². The number of rotatable bonds is 4. The fourth-order valence-electron chi connectivity index (χ4n) is 7.53. The number of amides is 1. The standard InChI is InChI=1S/C26H37N3O3/c1-7-8-21(30)27-23-25(3,4)16-12-18-22(32-10-9-26(18,23)14-16)17-13-20-19(11-15(17)2)28(5)24(31)29(20)6/h11,13,16,18,22-23H,7-10,12,14H2,1-6H3,(H,27,30)/t16-,18-,22-,23-,26-/m1/s1. The first kappa shape index (κ1) is 21.7. The summed E-state index contributed by atoms with van der Waals surface area (Å²) in [5, 5.41) is 3.48. The largest absolute Gasteiger partial charge is 0.373 e. The van der Waals surface area contributed by atoms with E-state index in [4.69, 9.17) is 4.74 Å². The normalized spacial score (nSPS) is 32.9. The highest BCUT2D eigenvalue weighted by Crippen LogP contribution is 2.70. The van der Waals surface area contributed by atoms with Crippen LogP contribution in [-0.2, 0) is 23.6 Å². The SMILES string of the molecule is CCCC(=O)N[C@@H]1C(C)(C)[C@@H]2C[C@@H]3[C@@H](c4cc5c(cc4C)n(C)c(=O)n5C)OCC[C@@]31C2. The number of nitrogens with zero attached hydrogens (tertiary/aromatic N) is 2. The Morgan fingerprint density at radius 1 is 1.22 bits per heavy atom. The van der Waals surface area contributed by atoms with Gasteiger partial charge < -0.3 is 10.1 Å². The highest BCUT2D eigenvalue weighted by molar-refractivity contribution is 5.78. The molecule has 1 aromatic carbocycles. The first-order valence-corrected chi connectivity index (χ1v) is 12.2. The second kappa shape index (κ2) is 7.21. The summed E-state index contributed by atoms with van der Waals surface area (Å²) in [5.74, 6) is 1.16. The van der Waals surface area contributed by atoms with Gasteiger partial charge in [-0.05, 0) is 78.5 Å². The molecule has 1 aliphatic heterocycles. The monoisotopic (exact) mass is 439 g/mol. The minimum Gasteiger partial charge on any atom is -0.373 e. The number of aromatic nitrogens is 2. The van der Waals surface area contributed by atoms with Crippen molar-refractivity contribution in [3.05, 3.63) is 33.7 Å². The van der Waals surface area contributed by atoms with Gasteiger partial charge in [0.15, 0.2) is 0 Å². The maximum absolute atomic E-state index is 12.7. The maximum atomic E-state index is 12.7. The van der Waals surface area contributed by atoms with Gasteiger partial charge in [-0.3, -0.25) is 13.9 Å². The minimum absolute atomic E-state index is 0.00189. The molecule has 0 unspecified atom stereocenters. The number of carbonyl (C=O) groups is 1. The van der Waals surface area contributed by atoms with E-state index in [0.29, 0.717) is 18.3 Å². The van der Waals surface area contributed by atoms with Crippen LogP contribution in [0.25, 0.3) is 11.0 Å². The van der Waals surface area contributed by atoms with Crippen LogP contribution in [0, 0.1) is 29.6 Å². The lowest BCUT2D eigenvalue weighted by Gasteiger charge is -2.53. The van der Waals surface area contributed by atoms with Gasteiger partial charge in [0.25, 0.3) is 0 Å². The Morgan fingerprint density at radius 2 is 1.91 bits per heavy atom. The van der Waals surface area contributed by atoms with E-state index in [1.54, 1.807) is 9.13 Å². The molecule has 174 valence electrons. The molecular formula is C26H37N3O3. The van der Waals surface area contributed by atoms with Crippen molar-refractivity contribution in [1.29, 1.82) is 0 Å². The average Bonchev–Trinajstić information content (AvgIpc) is 3.31. The zero-order chi connectivity index (χ0) is 23.0. The quantitative estimate of drug-likeness (QED) is 0.784. The van der Waals surface area contributed by atoms with E-state index in [0.717, 1.165) is 36.9 Å². The summed E-state index contributed by atoms with van der Waals surface area (Å²) in [7, 11) is 3.67. The summed E-state index contributed by atoms with van der Waals surface area (Å²) in [5.41, 5.74) is 4.48. The third-order valence-electron chi connectivity index (χ3n) is 9.25. The Kier molecular flexibility index (Phi) is 4.90. The van der Waals surface area contributed by atoms with E-state index in [1.165, 1.54) is 17.5 Å². The second-order valence-corrected chi connectivity index (χ2v) is 11.2. The van der Waals surface area contributed by atoms with Crippen molar-refractivity contribution in [2.24, 2.45) is 36.8 Å². The first-order chi connectivity index (χ1) is 15.1. The molecule has 3 aliphatic rings. The molecule has 0 radical (unpaired) electrons. The molecule has 5 atom stereocenters. The van der Waals surface area contributed by atoms with Crippen LogP contribution in [-0.4, -0.2) is 27.7 Å². The number of imidazole rings is 1. The fraction of sp³-hybridized carbons (Fsp3) is 0.692. The zero-order valence-electron chi connectivity index (χ0n) is 20.3. The Morgan fingerprint density at radius 3 is 2.59 bits per heavy atom. The molecule has 1 N–H and O–H groups in total. The Bertz CT molecular complexity index is 1140. The molecule has 2 bridgehead atoms. The molecular weight excluding hydrogens is 402 g/mol. The van der Waals surface area contributed by atoms with Crippen LogP contribution in [0.1, 0.15) is 70.1 Å². The van der Waals surface area contributed by atoms with Gasteiger partial charge in [-0.25, -0.2) is 4.79 Å². The number of aryl methyl sites for hydroxylation is 3. The first-order valence-electron chi connectivity index (χ1n) is 12.2. The molecule has 1 aromatic heterocycles. The molecule has 2 heterocycles. The van der Waals surface area contributed by atoms with Gasteiger partial charge >= 0.3 is 5.69 Å². The zero-order valence-corrected chi connectivity index (χ0v) is 20.3. The number of carbonyl (C=O) groups excluding carboxylic acids is 1. The Balaban J connectivity index is 1.56. The smallest absolute Gasteiger partial charge is 0.328 e. The van der Waals surface area contributed by atoms with E-state index in [2.05, 4.69) is 45.1 Å². The molecule has 2 aliphatic carbocycles. The van der Waals surface area contributed by atoms with Crippen molar-refractivity contribution in [1.82, 2.24) is 14.5 Å². The molecule has 2 saturated carbocycles. The summed E-state index contributed by atoms with van der Waals surface area (Å²) in [4.78, 5) is 25.2. The summed E-state index contributed by atoms with van der Waals surface area (Å²) in [6.45, 7) is 9.61. The van der Waals surface area contributed by atoms with Crippen LogP contribution in [0.5, 0.6) is 0 Å². The number of hydrogen-bond donors (Lipinski definition) is 1. The molecule has 2 aromatic rings. The molecule has 32 heavy (non-hydrogen) atoms. The summed E-state index contributed by atoms with van der Waals surface area (Å²) < 4.78 is 9.94. The molecule has 6 nitrogen and oxygen atoms in total. The van der Waals surface area contributed by atoms with E-state index in [-0.39, 0.29) is 34.6 Å². The maximum Gasteiger partial charge on any atom is 0.328 e. The molecule has 1 amide bonds. The van der Waals surface area contributed by atoms with E-state index in [1.807, 2.05) is 14.1 Å². The lowest BCUT2D eigenvalue weighted by Crippen LogP contribution is -2.58. The predicted octanol–water partition coefficient (Wildman–Crippen LogP) is 3.98. The van der Waals surface area contributed by atoms with Gasteiger partial charge in [-0.2, -0.15) is 0 Å². The van der Waals surface area contributed by atoms with Crippen LogP contribution >= 0.6 is 0 Å². The lowest BCUT2D eigenvalue weighted by atomic mass is 9.58. The number of benzene rings is 1. The Hall–Kier alpha value is -2.08. The summed E-state index contributed by atoms with van der Waals surface area (Å²) in [6, 6.07) is 4.50. The number of ether oxygens (including phenoxy) is 1. The topological polar surface area (TPSA) is 65.3 Å². The molecule has 3 fully saturated rings. The summed E-state index contributed by atoms with van der Waals surface area (Å²) >= 11 is 0. The van der Waals surface area contributed by atoms with Crippen LogP contribution < -0.4 is 11.0 Å². The van der Waals surface area contributed by atoms with Gasteiger partial charge in [-0.15, -0.1) is 0 Å². The summed E-state index contributed by atoms with van der Waals surface area (Å²) in [6.07, 6.45) is 4.80. The van der Waals surface area contributed by atoms with Crippen LogP contribution in [0.4, 0.5) is 0 Å². The second-order valence-electron chi connectivity index (χ2n) is 11.2. The fourth-order valence-corrected chi connectivity index (χ4v) is 7.53. The third kappa shape index (κ3) is 2.81. The molecule has 1 saturated heterocycles. The van der Waals surface area contributed by atoms with Crippen LogP contribution in [0.2, 0.25) is 0 Å². The van der Waals surface area contributed by atoms with Crippen LogP contribution in [0.3, 0.4) is 0 Å².